The summed E-state index contributed by atoms with van der Waals surface area (Å²) >= 11 is 0. The van der Waals surface area contributed by atoms with Gasteiger partial charge in [0.25, 0.3) is 5.91 Å². The summed E-state index contributed by atoms with van der Waals surface area (Å²) in [6.45, 7) is 10.2. The Morgan fingerprint density at radius 2 is 1.75 bits per heavy atom. The average Bonchev–Trinajstić information content (AvgIpc) is 3.28. The van der Waals surface area contributed by atoms with Gasteiger partial charge in [-0.15, -0.1) is 0 Å². The Balaban J connectivity index is 1.24. The van der Waals surface area contributed by atoms with Crippen LogP contribution in [0.25, 0.3) is 11.1 Å². The molecule has 2 saturated heterocycles. The first-order valence-corrected chi connectivity index (χ1v) is 11.8. The number of rotatable bonds is 4. The number of carbonyl (C=O) groups excluding carboxylic acids is 1. The maximum Gasteiger partial charge on any atom is 0.253 e. The van der Waals surface area contributed by atoms with Gasteiger partial charge in [-0.25, -0.2) is 4.98 Å². The Morgan fingerprint density at radius 1 is 1.00 bits per heavy atom. The number of oxazole rings is 1. The summed E-state index contributed by atoms with van der Waals surface area (Å²) in [4.78, 5) is 24.8. The van der Waals surface area contributed by atoms with E-state index in [0.717, 1.165) is 68.1 Å². The van der Waals surface area contributed by atoms with Crippen LogP contribution in [0.5, 0.6) is 0 Å². The minimum Gasteiger partial charge on any atom is -0.440 e. The highest BCUT2D eigenvalue weighted by Gasteiger charge is 2.29. The average molecular weight is 433 g/mol. The van der Waals surface area contributed by atoms with Gasteiger partial charge >= 0.3 is 0 Å². The van der Waals surface area contributed by atoms with Crippen molar-refractivity contribution >= 4 is 22.7 Å². The summed E-state index contributed by atoms with van der Waals surface area (Å²) in [5.74, 6) is 0.998. The van der Waals surface area contributed by atoms with E-state index < -0.39 is 0 Å². The lowest BCUT2D eigenvalue weighted by molar-refractivity contribution is 0.0699. The Bertz CT molecular complexity index is 1030. The number of hydrogen-bond acceptors (Lipinski definition) is 5. The maximum atomic E-state index is 13.2. The number of hydrogen-bond donors (Lipinski definition) is 0. The Hall–Kier alpha value is -2.86. The molecule has 1 atom stereocenters. The summed E-state index contributed by atoms with van der Waals surface area (Å²) in [6, 6.07) is 16.6. The van der Waals surface area contributed by atoms with E-state index in [-0.39, 0.29) is 11.8 Å². The largest absolute Gasteiger partial charge is 0.440 e. The predicted molar refractivity (Wildman–Crippen MR) is 127 cm³/mol. The lowest BCUT2D eigenvalue weighted by atomic mass is 9.97. The molecule has 0 spiro atoms. The van der Waals surface area contributed by atoms with Gasteiger partial charge in [0.2, 0.25) is 0 Å². The van der Waals surface area contributed by atoms with Crippen LogP contribution in [0.15, 0.2) is 52.9 Å². The van der Waals surface area contributed by atoms with Crippen LogP contribution >= 0.6 is 0 Å². The molecule has 2 aromatic carbocycles. The van der Waals surface area contributed by atoms with E-state index in [1.54, 1.807) is 0 Å². The van der Waals surface area contributed by atoms with Crippen LogP contribution < -0.4 is 4.90 Å². The number of benzene rings is 2. The smallest absolute Gasteiger partial charge is 0.253 e. The van der Waals surface area contributed by atoms with Gasteiger partial charge in [-0.3, -0.25) is 9.69 Å². The second kappa shape index (κ2) is 8.94. The molecule has 0 saturated carbocycles. The van der Waals surface area contributed by atoms with Crippen molar-refractivity contribution in [1.29, 1.82) is 0 Å². The summed E-state index contributed by atoms with van der Waals surface area (Å²) in [7, 11) is 0. The molecule has 3 heterocycles. The molecule has 0 N–H and O–H groups in total. The van der Waals surface area contributed by atoms with Gasteiger partial charge in [-0.1, -0.05) is 12.1 Å². The number of fused-ring (bicyclic) bond motifs is 1. The predicted octanol–water partition coefficient (Wildman–Crippen LogP) is 4.38. The Labute approximate surface area is 189 Å². The normalized spacial score (nSPS) is 20.3. The standard InChI is InChI=1S/C26H32N4O2/c1-19(2)28-14-16-29(17-15-28)22-11-9-20(10-12-22)26(31)30-13-5-6-21(18-30)25-27-23-7-3-4-8-24(23)32-25/h3-4,7-12,19,21H,5-6,13-18H2,1-2H3. The molecule has 2 aliphatic rings. The topological polar surface area (TPSA) is 52.8 Å². The minimum absolute atomic E-state index is 0.0991. The Morgan fingerprint density at radius 3 is 2.47 bits per heavy atom. The van der Waals surface area contributed by atoms with Crippen molar-refractivity contribution in [3.05, 3.63) is 60.0 Å². The van der Waals surface area contributed by atoms with E-state index >= 15 is 0 Å². The number of amides is 1. The van der Waals surface area contributed by atoms with E-state index in [2.05, 4.69) is 40.8 Å². The molecular weight excluding hydrogens is 400 g/mol. The van der Waals surface area contributed by atoms with E-state index in [4.69, 9.17) is 4.42 Å². The second-order valence-electron chi connectivity index (χ2n) is 9.27. The molecule has 5 rings (SSSR count). The monoisotopic (exact) mass is 432 g/mol. The van der Waals surface area contributed by atoms with E-state index in [0.29, 0.717) is 12.6 Å². The summed E-state index contributed by atoms with van der Waals surface area (Å²) in [5.41, 5.74) is 3.66. The number of piperidine rings is 1. The third-order valence-corrected chi connectivity index (χ3v) is 6.89. The second-order valence-corrected chi connectivity index (χ2v) is 9.27. The van der Waals surface area contributed by atoms with E-state index in [9.17, 15) is 4.79 Å². The van der Waals surface area contributed by atoms with Crippen LogP contribution in [0, 0.1) is 0 Å². The van der Waals surface area contributed by atoms with Crippen molar-refractivity contribution in [2.75, 3.05) is 44.2 Å². The zero-order chi connectivity index (χ0) is 22.1. The third-order valence-electron chi connectivity index (χ3n) is 6.89. The first kappa shape index (κ1) is 21.0. The zero-order valence-electron chi connectivity index (χ0n) is 19.0. The number of anilines is 1. The summed E-state index contributed by atoms with van der Waals surface area (Å²) in [6.07, 6.45) is 1.96. The molecule has 0 bridgehead atoms. The van der Waals surface area contributed by atoms with Crippen molar-refractivity contribution in [2.24, 2.45) is 0 Å². The van der Waals surface area contributed by atoms with Crippen molar-refractivity contribution in [3.8, 4) is 0 Å². The van der Waals surface area contributed by atoms with Crippen LogP contribution in [-0.4, -0.2) is 66.0 Å². The number of likely N-dealkylation sites (tertiary alicyclic amines) is 1. The van der Waals surface area contributed by atoms with Gasteiger partial charge < -0.3 is 14.2 Å². The molecule has 1 amide bonds. The fraction of sp³-hybridized carbons (Fsp3) is 0.462. The maximum absolute atomic E-state index is 13.2. The quantitative estimate of drug-likeness (QED) is 0.613. The molecule has 168 valence electrons. The van der Waals surface area contributed by atoms with Crippen LogP contribution in [0.3, 0.4) is 0 Å². The highest BCUT2D eigenvalue weighted by atomic mass is 16.3. The molecular formula is C26H32N4O2. The number of nitrogens with zero attached hydrogens (tertiary/aromatic N) is 4. The highest BCUT2D eigenvalue weighted by molar-refractivity contribution is 5.94. The SMILES string of the molecule is CC(C)N1CCN(c2ccc(C(=O)N3CCCC(c4nc5ccccc5o4)C3)cc2)CC1. The van der Waals surface area contributed by atoms with Crippen molar-refractivity contribution in [2.45, 2.75) is 38.6 Å². The molecule has 1 aromatic heterocycles. The number of para-hydroxylation sites is 2. The van der Waals surface area contributed by atoms with Crippen LogP contribution in [0.4, 0.5) is 5.69 Å². The minimum atomic E-state index is 0.0991. The van der Waals surface area contributed by atoms with Crippen LogP contribution in [-0.2, 0) is 0 Å². The van der Waals surface area contributed by atoms with Gasteiger partial charge in [0.15, 0.2) is 11.5 Å². The fourth-order valence-electron chi connectivity index (χ4n) is 4.92. The van der Waals surface area contributed by atoms with Crippen molar-refractivity contribution in [1.82, 2.24) is 14.8 Å². The summed E-state index contributed by atoms with van der Waals surface area (Å²) < 4.78 is 5.99. The van der Waals surface area contributed by atoms with Crippen LogP contribution in [0.2, 0.25) is 0 Å². The molecule has 2 fully saturated rings. The number of carbonyl (C=O) groups is 1. The molecule has 0 radical (unpaired) electrons. The van der Waals surface area contributed by atoms with E-state index in [1.807, 2.05) is 41.3 Å². The lowest BCUT2D eigenvalue weighted by Gasteiger charge is -2.38. The third kappa shape index (κ3) is 4.24. The molecule has 6 nitrogen and oxygen atoms in total. The molecule has 3 aromatic rings. The molecule has 6 heteroatoms. The van der Waals surface area contributed by atoms with Crippen molar-refractivity contribution < 1.29 is 9.21 Å². The van der Waals surface area contributed by atoms with Gasteiger partial charge in [0, 0.05) is 56.6 Å². The molecule has 1 unspecified atom stereocenters. The van der Waals surface area contributed by atoms with Gasteiger partial charge in [0.1, 0.15) is 5.52 Å². The van der Waals surface area contributed by atoms with Gasteiger partial charge in [-0.05, 0) is 63.1 Å². The summed E-state index contributed by atoms with van der Waals surface area (Å²) in [5, 5.41) is 0. The fourth-order valence-corrected chi connectivity index (χ4v) is 4.92. The number of aromatic nitrogens is 1. The number of piperazine rings is 1. The highest BCUT2D eigenvalue weighted by Crippen LogP contribution is 2.30. The first-order valence-electron chi connectivity index (χ1n) is 11.8. The van der Waals surface area contributed by atoms with Gasteiger partial charge in [0.05, 0.1) is 5.92 Å². The van der Waals surface area contributed by atoms with Gasteiger partial charge in [-0.2, -0.15) is 0 Å². The molecule has 0 aliphatic carbocycles. The van der Waals surface area contributed by atoms with E-state index in [1.165, 1.54) is 5.69 Å². The van der Waals surface area contributed by atoms with Crippen molar-refractivity contribution in [3.63, 3.8) is 0 Å². The molecule has 2 aliphatic heterocycles. The Kier molecular flexibility index (Phi) is 5.87. The zero-order valence-corrected chi connectivity index (χ0v) is 19.0. The first-order chi connectivity index (χ1) is 15.6. The molecule has 32 heavy (non-hydrogen) atoms. The lowest BCUT2D eigenvalue weighted by Crippen LogP contribution is -2.48. The van der Waals surface area contributed by atoms with Crippen LogP contribution in [0.1, 0.15) is 48.9 Å².